The summed E-state index contributed by atoms with van der Waals surface area (Å²) in [4.78, 5) is 27.1. The molecule has 0 spiro atoms. The standard InChI is InChI=1S/C29H33NO5/c1-17(2)16-35-29(32)26-18(3)30-23-13-20(19-9-7-6-8-10-19)14-24(31)28(23)27(26)22-12-11-21(33-4)15-25(22)34-5/h6-12,15,17,20,27,30H,13-14,16H2,1-5H3/t20-,27-/m1/s1. The van der Waals surface area contributed by atoms with Crippen LogP contribution in [-0.2, 0) is 14.3 Å². The molecule has 2 atom stereocenters. The van der Waals surface area contributed by atoms with Crippen LogP contribution in [0.1, 0.15) is 56.6 Å². The smallest absolute Gasteiger partial charge is 0.336 e. The average Bonchev–Trinajstić information content (AvgIpc) is 2.86. The first-order valence-electron chi connectivity index (χ1n) is 12.0. The van der Waals surface area contributed by atoms with Gasteiger partial charge in [0, 0.05) is 35.0 Å². The van der Waals surface area contributed by atoms with Crippen LogP contribution in [0.5, 0.6) is 11.5 Å². The molecule has 2 aliphatic rings. The molecule has 0 unspecified atom stereocenters. The first-order chi connectivity index (χ1) is 16.8. The maximum atomic E-state index is 13.7. The predicted octanol–water partition coefficient (Wildman–Crippen LogP) is 5.26. The summed E-state index contributed by atoms with van der Waals surface area (Å²) in [5.74, 6) is 0.489. The van der Waals surface area contributed by atoms with Crippen LogP contribution in [-0.4, -0.2) is 32.6 Å². The molecule has 6 heteroatoms. The van der Waals surface area contributed by atoms with E-state index < -0.39 is 11.9 Å². The van der Waals surface area contributed by atoms with Crippen LogP contribution in [0.4, 0.5) is 0 Å². The van der Waals surface area contributed by atoms with Crippen molar-refractivity contribution in [1.82, 2.24) is 5.32 Å². The van der Waals surface area contributed by atoms with E-state index in [2.05, 4.69) is 17.4 Å². The first kappa shape index (κ1) is 24.6. The average molecular weight is 476 g/mol. The lowest BCUT2D eigenvalue weighted by Crippen LogP contribution is -2.36. The van der Waals surface area contributed by atoms with E-state index in [1.54, 1.807) is 20.3 Å². The van der Waals surface area contributed by atoms with E-state index in [0.29, 0.717) is 47.8 Å². The quantitative estimate of drug-likeness (QED) is 0.551. The van der Waals surface area contributed by atoms with E-state index in [-0.39, 0.29) is 17.6 Å². The minimum absolute atomic E-state index is 0.0251. The van der Waals surface area contributed by atoms with Gasteiger partial charge in [-0.15, -0.1) is 0 Å². The van der Waals surface area contributed by atoms with Gasteiger partial charge in [-0.3, -0.25) is 4.79 Å². The van der Waals surface area contributed by atoms with Crippen molar-refractivity contribution in [3.8, 4) is 11.5 Å². The van der Waals surface area contributed by atoms with Crippen molar-refractivity contribution >= 4 is 11.8 Å². The number of ketones is 1. The molecular formula is C29H33NO5. The zero-order chi connectivity index (χ0) is 25.1. The Labute approximate surface area is 207 Å². The fourth-order valence-electron chi connectivity index (χ4n) is 4.96. The normalized spacial score (nSPS) is 19.9. The van der Waals surface area contributed by atoms with Crippen molar-refractivity contribution < 1.29 is 23.8 Å². The van der Waals surface area contributed by atoms with Gasteiger partial charge >= 0.3 is 5.97 Å². The second-order valence-electron chi connectivity index (χ2n) is 9.53. The molecule has 1 heterocycles. The lowest BCUT2D eigenvalue weighted by Gasteiger charge is -2.37. The Kier molecular flexibility index (Phi) is 7.29. The SMILES string of the molecule is COc1ccc([C@@H]2C(C(=O)OCC(C)C)=C(C)NC3=C2C(=O)C[C@H](c2ccccc2)C3)c(OC)c1. The second-order valence-corrected chi connectivity index (χ2v) is 9.53. The number of ether oxygens (including phenoxy) is 3. The number of dihydropyridines is 1. The fourth-order valence-corrected chi connectivity index (χ4v) is 4.96. The molecule has 184 valence electrons. The largest absolute Gasteiger partial charge is 0.497 e. The summed E-state index contributed by atoms with van der Waals surface area (Å²) in [5.41, 5.74) is 4.49. The molecule has 35 heavy (non-hydrogen) atoms. The van der Waals surface area contributed by atoms with Gasteiger partial charge in [-0.1, -0.05) is 50.2 Å². The van der Waals surface area contributed by atoms with Gasteiger partial charge in [0.1, 0.15) is 11.5 Å². The topological polar surface area (TPSA) is 73.9 Å². The van der Waals surface area contributed by atoms with Gasteiger partial charge in [-0.2, -0.15) is 0 Å². The lowest BCUT2D eigenvalue weighted by molar-refractivity contribution is -0.140. The molecule has 0 fully saturated rings. The minimum Gasteiger partial charge on any atom is -0.497 e. The Morgan fingerprint density at radius 3 is 2.46 bits per heavy atom. The fraction of sp³-hybridized carbons (Fsp3) is 0.379. The Bertz CT molecular complexity index is 1180. The summed E-state index contributed by atoms with van der Waals surface area (Å²) >= 11 is 0. The van der Waals surface area contributed by atoms with Crippen LogP contribution >= 0.6 is 0 Å². The molecule has 2 aromatic carbocycles. The third kappa shape index (κ3) is 4.97. The Morgan fingerprint density at radius 1 is 1.06 bits per heavy atom. The van der Waals surface area contributed by atoms with Crippen molar-refractivity contribution in [1.29, 1.82) is 0 Å². The highest BCUT2D eigenvalue weighted by Gasteiger charge is 2.42. The number of methoxy groups -OCH3 is 2. The van der Waals surface area contributed by atoms with Crippen molar-refractivity contribution in [2.45, 2.75) is 45.4 Å². The lowest BCUT2D eigenvalue weighted by atomic mass is 9.71. The monoisotopic (exact) mass is 475 g/mol. The van der Waals surface area contributed by atoms with Gasteiger partial charge in [0.25, 0.3) is 0 Å². The van der Waals surface area contributed by atoms with Crippen LogP contribution in [0.2, 0.25) is 0 Å². The van der Waals surface area contributed by atoms with Crippen LogP contribution in [0, 0.1) is 5.92 Å². The van der Waals surface area contributed by atoms with Gasteiger partial charge in [0.05, 0.1) is 32.3 Å². The van der Waals surface area contributed by atoms with Gasteiger partial charge in [0.15, 0.2) is 5.78 Å². The minimum atomic E-state index is -0.587. The molecule has 2 aromatic rings. The predicted molar refractivity (Wildman–Crippen MR) is 134 cm³/mol. The summed E-state index contributed by atoms with van der Waals surface area (Å²) in [6.07, 6.45) is 1.07. The molecule has 0 radical (unpaired) electrons. The molecule has 0 bridgehead atoms. The molecule has 0 saturated heterocycles. The molecular weight excluding hydrogens is 442 g/mol. The van der Waals surface area contributed by atoms with Gasteiger partial charge in [-0.25, -0.2) is 4.79 Å². The van der Waals surface area contributed by atoms with Crippen LogP contribution in [0.25, 0.3) is 0 Å². The van der Waals surface area contributed by atoms with Crippen LogP contribution in [0.15, 0.2) is 71.1 Å². The molecule has 1 N–H and O–H groups in total. The molecule has 1 aliphatic heterocycles. The van der Waals surface area contributed by atoms with Crippen LogP contribution in [0.3, 0.4) is 0 Å². The summed E-state index contributed by atoms with van der Waals surface area (Å²) in [6, 6.07) is 15.6. The molecule has 4 rings (SSSR count). The number of hydrogen-bond donors (Lipinski definition) is 1. The van der Waals surface area contributed by atoms with E-state index in [4.69, 9.17) is 14.2 Å². The number of carbonyl (C=O) groups excluding carboxylic acids is 2. The number of nitrogens with one attached hydrogen (secondary N) is 1. The highest BCUT2D eigenvalue weighted by Crippen LogP contribution is 2.48. The van der Waals surface area contributed by atoms with Crippen molar-refractivity contribution in [2.75, 3.05) is 20.8 Å². The van der Waals surface area contributed by atoms with E-state index >= 15 is 0 Å². The zero-order valence-corrected chi connectivity index (χ0v) is 21.0. The second kappa shape index (κ2) is 10.4. The summed E-state index contributed by atoms with van der Waals surface area (Å²) in [7, 11) is 3.17. The van der Waals surface area contributed by atoms with Crippen molar-refractivity contribution in [3.63, 3.8) is 0 Å². The first-order valence-corrected chi connectivity index (χ1v) is 12.0. The Balaban J connectivity index is 1.82. The Hall–Kier alpha value is -3.54. The number of benzene rings is 2. The van der Waals surface area contributed by atoms with Crippen LogP contribution < -0.4 is 14.8 Å². The number of allylic oxidation sites excluding steroid dienone is 3. The number of carbonyl (C=O) groups is 2. The maximum absolute atomic E-state index is 13.7. The molecule has 0 aromatic heterocycles. The number of esters is 1. The maximum Gasteiger partial charge on any atom is 0.336 e. The zero-order valence-electron chi connectivity index (χ0n) is 21.0. The number of hydrogen-bond acceptors (Lipinski definition) is 6. The molecule has 6 nitrogen and oxygen atoms in total. The van der Waals surface area contributed by atoms with Crippen molar-refractivity contribution in [2.24, 2.45) is 5.92 Å². The van der Waals surface area contributed by atoms with E-state index in [0.717, 1.165) is 16.8 Å². The third-order valence-corrected chi connectivity index (χ3v) is 6.62. The van der Waals surface area contributed by atoms with Crippen molar-refractivity contribution in [3.05, 3.63) is 82.2 Å². The summed E-state index contributed by atoms with van der Waals surface area (Å²) in [6.45, 7) is 6.16. The molecule has 0 amide bonds. The van der Waals surface area contributed by atoms with Gasteiger partial charge < -0.3 is 19.5 Å². The number of Topliss-reactive ketones (excluding diaryl/α,β-unsaturated/α-hetero) is 1. The summed E-state index contributed by atoms with van der Waals surface area (Å²) in [5, 5.41) is 3.40. The van der Waals surface area contributed by atoms with Gasteiger partial charge in [0.2, 0.25) is 0 Å². The highest BCUT2D eigenvalue weighted by molar-refractivity contribution is 6.04. The Morgan fingerprint density at radius 2 is 1.80 bits per heavy atom. The number of rotatable bonds is 7. The molecule has 1 aliphatic carbocycles. The van der Waals surface area contributed by atoms with E-state index in [9.17, 15) is 9.59 Å². The van der Waals surface area contributed by atoms with E-state index in [1.165, 1.54) is 0 Å². The highest BCUT2D eigenvalue weighted by atomic mass is 16.5. The summed E-state index contributed by atoms with van der Waals surface area (Å²) < 4.78 is 16.7. The van der Waals surface area contributed by atoms with Gasteiger partial charge in [-0.05, 0) is 36.8 Å². The molecule has 0 saturated carbocycles. The van der Waals surface area contributed by atoms with E-state index in [1.807, 2.05) is 51.1 Å². The third-order valence-electron chi connectivity index (χ3n) is 6.62.